The zero-order valence-corrected chi connectivity index (χ0v) is 16.6. The second-order valence-corrected chi connectivity index (χ2v) is 6.33. The smallest absolute Gasteiger partial charge is 0.414 e. The first-order valence-corrected chi connectivity index (χ1v) is 9.17. The number of hydrogen-bond donors (Lipinski definition) is 3. The summed E-state index contributed by atoms with van der Waals surface area (Å²) < 4.78 is 10.3. The number of ether oxygens (including phenoxy) is 2. The molecule has 3 N–H and O–H groups in total. The molecular weight excluding hydrogens is 384 g/mol. The first-order chi connectivity index (χ1) is 13.8. The van der Waals surface area contributed by atoms with Gasteiger partial charge in [-0.25, -0.2) is 14.4 Å². The van der Waals surface area contributed by atoms with E-state index < -0.39 is 24.0 Å². The fourth-order valence-electron chi connectivity index (χ4n) is 2.66. The third-order valence-corrected chi connectivity index (χ3v) is 4.26. The second kappa shape index (κ2) is 12.7. The average Bonchev–Trinajstić information content (AvgIpc) is 2.72. The van der Waals surface area contributed by atoms with Crippen molar-refractivity contribution >= 4 is 17.9 Å². The highest BCUT2D eigenvalue weighted by atomic mass is 16.5. The molecule has 1 aromatic carbocycles. The summed E-state index contributed by atoms with van der Waals surface area (Å²) in [5, 5.41) is 24.9. The molecule has 0 saturated carbocycles. The van der Waals surface area contributed by atoms with Crippen molar-refractivity contribution in [3.63, 3.8) is 0 Å². The molecule has 1 saturated heterocycles. The number of β-amino-alcohol motifs (C(OH)–C–C–N with tert-alkyl or cyclic N) is 1. The molecule has 1 aliphatic rings. The van der Waals surface area contributed by atoms with Crippen molar-refractivity contribution in [2.24, 2.45) is 0 Å². The molecule has 1 aromatic rings. The number of rotatable bonds is 7. The van der Waals surface area contributed by atoms with E-state index in [1.165, 1.54) is 7.11 Å². The summed E-state index contributed by atoms with van der Waals surface area (Å²) in [4.78, 5) is 34.3. The molecule has 0 spiro atoms. The predicted octanol–water partition coefficient (Wildman–Crippen LogP) is 0.00600. The molecule has 2 rings (SSSR count). The molecule has 29 heavy (non-hydrogen) atoms. The first-order valence-electron chi connectivity index (χ1n) is 9.17. The highest BCUT2D eigenvalue weighted by Gasteiger charge is 2.18. The Morgan fingerprint density at radius 3 is 2.17 bits per heavy atom. The number of nitrogens with zero attached hydrogens (tertiary/aromatic N) is 2. The molecule has 0 amide bonds. The van der Waals surface area contributed by atoms with Crippen LogP contribution in [0.3, 0.4) is 0 Å². The van der Waals surface area contributed by atoms with Gasteiger partial charge in [0.05, 0.1) is 12.7 Å². The monoisotopic (exact) mass is 412 g/mol. The van der Waals surface area contributed by atoms with Crippen molar-refractivity contribution in [1.29, 1.82) is 0 Å². The number of methoxy groups -OCH3 is 1. The van der Waals surface area contributed by atoms with E-state index in [0.717, 1.165) is 32.7 Å². The summed E-state index contributed by atoms with van der Waals surface area (Å²) in [6.45, 7) is 8.10. The number of hydrogen-bond acceptors (Lipinski definition) is 8. The maximum Gasteiger partial charge on any atom is 0.414 e. The number of piperazine rings is 1. The number of esters is 1. The summed E-state index contributed by atoms with van der Waals surface area (Å²) >= 11 is 0. The summed E-state index contributed by atoms with van der Waals surface area (Å²) in [6.07, 6.45) is -0.551. The first kappa shape index (κ1) is 24.3. The molecule has 10 heteroatoms. The highest BCUT2D eigenvalue weighted by Crippen LogP contribution is 2.14. The number of aliphatic hydroxyl groups excluding tert-OH is 1. The van der Waals surface area contributed by atoms with Gasteiger partial charge in [0.25, 0.3) is 0 Å². The third-order valence-electron chi connectivity index (χ3n) is 4.26. The third kappa shape index (κ3) is 9.37. The normalized spacial score (nSPS) is 15.6. The Balaban J connectivity index is 0.000000612. The summed E-state index contributed by atoms with van der Waals surface area (Å²) in [5.41, 5.74) is 0.440. The minimum atomic E-state index is -1.82. The van der Waals surface area contributed by atoms with Crippen LogP contribution in [0, 0.1) is 0 Å². The van der Waals surface area contributed by atoms with E-state index in [1.54, 1.807) is 24.3 Å². The molecule has 1 unspecified atom stereocenters. The number of likely N-dealkylation sites (N-methyl/N-ethyl adjacent to an activating group) is 1. The molecule has 1 atom stereocenters. The Morgan fingerprint density at radius 2 is 1.66 bits per heavy atom. The van der Waals surface area contributed by atoms with Gasteiger partial charge in [0.15, 0.2) is 0 Å². The lowest BCUT2D eigenvalue weighted by Crippen LogP contribution is -2.49. The SMILES string of the molecule is CCN1CCN(CC(O)COc2cccc(C(=O)OC)c2)CC1.O=C(O)C(=O)O. The van der Waals surface area contributed by atoms with Gasteiger partial charge in [0, 0.05) is 32.7 Å². The minimum absolute atomic E-state index is 0.207. The van der Waals surface area contributed by atoms with Crippen LogP contribution < -0.4 is 4.74 Å². The van der Waals surface area contributed by atoms with Gasteiger partial charge >= 0.3 is 17.9 Å². The molecule has 162 valence electrons. The lowest BCUT2D eigenvalue weighted by molar-refractivity contribution is -0.159. The summed E-state index contributed by atoms with van der Waals surface area (Å²) in [7, 11) is 1.35. The topological polar surface area (TPSA) is 137 Å². The number of carbonyl (C=O) groups excluding carboxylic acids is 1. The van der Waals surface area contributed by atoms with E-state index in [2.05, 4.69) is 21.5 Å². The molecule has 0 bridgehead atoms. The van der Waals surface area contributed by atoms with Crippen LogP contribution >= 0.6 is 0 Å². The van der Waals surface area contributed by atoms with Crippen LogP contribution in [-0.4, -0.2) is 102 Å². The molecule has 0 aromatic heterocycles. The quantitative estimate of drug-likeness (QED) is 0.415. The van der Waals surface area contributed by atoms with Crippen LogP contribution in [0.2, 0.25) is 0 Å². The van der Waals surface area contributed by atoms with E-state index in [0.29, 0.717) is 17.9 Å². The van der Waals surface area contributed by atoms with E-state index in [-0.39, 0.29) is 6.61 Å². The second-order valence-electron chi connectivity index (χ2n) is 6.33. The zero-order chi connectivity index (χ0) is 21.8. The number of carboxylic acids is 2. The van der Waals surface area contributed by atoms with Gasteiger partial charge in [-0.05, 0) is 24.7 Å². The average molecular weight is 412 g/mol. The van der Waals surface area contributed by atoms with Crippen molar-refractivity contribution in [2.45, 2.75) is 13.0 Å². The number of aliphatic carboxylic acids is 2. The minimum Gasteiger partial charge on any atom is -0.491 e. The lowest BCUT2D eigenvalue weighted by atomic mass is 10.2. The summed E-state index contributed by atoms with van der Waals surface area (Å²) in [5.74, 6) is -3.49. The van der Waals surface area contributed by atoms with Crippen LogP contribution in [0.4, 0.5) is 0 Å². The van der Waals surface area contributed by atoms with Crippen LogP contribution in [-0.2, 0) is 14.3 Å². The molecule has 10 nitrogen and oxygen atoms in total. The van der Waals surface area contributed by atoms with E-state index in [4.69, 9.17) is 24.5 Å². The van der Waals surface area contributed by atoms with E-state index >= 15 is 0 Å². The van der Waals surface area contributed by atoms with Gasteiger partial charge in [0.2, 0.25) is 0 Å². The predicted molar refractivity (Wildman–Crippen MR) is 103 cm³/mol. The van der Waals surface area contributed by atoms with E-state index in [9.17, 15) is 9.90 Å². The Labute approximate surface area is 169 Å². The van der Waals surface area contributed by atoms with Gasteiger partial charge in [-0.2, -0.15) is 0 Å². The van der Waals surface area contributed by atoms with Gasteiger partial charge in [-0.3, -0.25) is 4.90 Å². The Hall–Kier alpha value is -2.69. The number of aliphatic hydroxyl groups is 1. The molecule has 0 aliphatic carbocycles. The Morgan fingerprint density at radius 1 is 1.07 bits per heavy atom. The zero-order valence-electron chi connectivity index (χ0n) is 16.6. The maximum absolute atomic E-state index is 11.5. The fraction of sp³-hybridized carbons (Fsp3) is 0.526. The van der Waals surface area contributed by atoms with Gasteiger partial charge < -0.3 is 29.7 Å². The summed E-state index contributed by atoms with van der Waals surface area (Å²) in [6, 6.07) is 6.79. The number of benzene rings is 1. The van der Waals surface area contributed by atoms with Gasteiger partial charge in [0.1, 0.15) is 18.5 Å². The molecule has 1 aliphatic heterocycles. The van der Waals surface area contributed by atoms with Crippen molar-refractivity contribution in [1.82, 2.24) is 9.80 Å². The Kier molecular flexibility index (Phi) is 10.7. The molecule has 0 radical (unpaired) electrons. The largest absolute Gasteiger partial charge is 0.491 e. The molecular formula is C19H28N2O8. The maximum atomic E-state index is 11.5. The van der Waals surface area contributed by atoms with Crippen LogP contribution in [0.25, 0.3) is 0 Å². The molecule has 1 fully saturated rings. The highest BCUT2D eigenvalue weighted by molar-refractivity contribution is 6.27. The van der Waals surface area contributed by atoms with Crippen LogP contribution in [0.5, 0.6) is 5.75 Å². The van der Waals surface area contributed by atoms with Crippen LogP contribution in [0.1, 0.15) is 17.3 Å². The van der Waals surface area contributed by atoms with Gasteiger partial charge in [-0.15, -0.1) is 0 Å². The number of carbonyl (C=O) groups is 3. The number of carboxylic acid groups (broad SMARTS) is 2. The van der Waals surface area contributed by atoms with E-state index in [1.807, 2.05) is 0 Å². The fourth-order valence-corrected chi connectivity index (χ4v) is 2.66. The van der Waals surface area contributed by atoms with Crippen molar-refractivity contribution in [3.05, 3.63) is 29.8 Å². The van der Waals surface area contributed by atoms with Crippen molar-refractivity contribution in [2.75, 3.05) is 53.0 Å². The van der Waals surface area contributed by atoms with Gasteiger partial charge in [-0.1, -0.05) is 13.0 Å². The van der Waals surface area contributed by atoms with Crippen molar-refractivity contribution in [3.8, 4) is 5.75 Å². The lowest BCUT2D eigenvalue weighted by Gasteiger charge is -2.34. The molecule has 1 heterocycles. The van der Waals surface area contributed by atoms with Crippen molar-refractivity contribution < 1.29 is 39.2 Å². The standard InChI is InChI=1S/C17H26N2O4.C2H2O4/c1-3-18-7-9-19(10-8-18)12-15(20)13-23-16-6-4-5-14(11-16)17(21)22-2;3-1(4)2(5)6/h4-6,11,15,20H,3,7-10,12-13H2,1-2H3;(H,3,4)(H,5,6). The van der Waals surface area contributed by atoms with Crippen LogP contribution in [0.15, 0.2) is 24.3 Å². The Bertz CT molecular complexity index is 662.